The van der Waals surface area contributed by atoms with Crippen molar-refractivity contribution in [2.45, 2.75) is 25.8 Å². The standard InChI is InChI=1S/C15H20N2O2/c1-15(2,11-18)17(3)14(19)13(10-16)9-12-7-5-4-6-8-12/h4-8,13,18H,9,11H2,1-3H3. The number of aliphatic hydroxyl groups excluding tert-OH is 1. The molecule has 4 heteroatoms. The molecule has 0 fully saturated rings. The van der Waals surface area contributed by atoms with Crippen LogP contribution in [0, 0.1) is 17.2 Å². The largest absolute Gasteiger partial charge is 0.394 e. The topological polar surface area (TPSA) is 64.3 Å². The highest BCUT2D eigenvalue weighted by atomic mass is 16.3. The molecule has 4 nitrogen and oxygen atoms in total. The Hall–Kier alpha value is -1.86. The molecule has 1 N–H and O–H groups in total. The van der Waals surface area contributed by atoms with E-state index in [1.165, 1.54) is 4.90 Å². The van der Waals surface area contributed by atoms with Gasteiger partial charge in [-0.05, 0) is 25.8 Å². The summed E-state index contributed by atoms with van der Waals surface area (Å²) in [6.07, 6.45) is 0.391. The molecule has 1 aromatic rings. The monoisotopic (exact) mass is 260 g/mol. The number of hydrogen-bond donors (Lipinski definition) is 1. The Morgan fingerprint density at radius 1 is 1.42 bits per heavy atom. The van der Waals surface area contributed by atoms with Gasteiger partial charge in [0.15, 0.2) is 0 Å². The summed E-state index contributed by atoms with van der Waals surface area (Å²) in [6.45, 7) is 3.39. The van der Waals surface area contributed by atoms with Crippen molar-refractivity contribution >= 4 is 5.91 Å². The summed E-state index contributed by atoms with van der Waals surface area (Å²) >= 11 is 0. The van der Waals surface area contributed by atoms with E-state index in [-0.39, 0.29) is 12.5 Å². The van der Waals surface area contributed by atoms with E-state index in [4.69, 9.17) is 0 Å². The molecule has 0 aliphatic heterocycles. The number of hydrogen-bond acceptors (Lipinski definition) is 3. The lowest BCUT2D eigenvalue weighted by Crippen LogP contribution is -2.50. The second-order valence-corrected chi connectivity index (χ2v) is 5.24. The average Bonchev–Trinajstić information content (AvgIpc) is 2.44. The molecule has 1 atom stereocenters. The Kier molecular flexibility index (Phi) is 5.08. The lowest BCUT2D eigenvalue weighted by atomic mass is 9.96. The zero-order valence-electron chi connectivity index (χ0n) is 11.6. The summed E-state index contributed by atoms with van der Waals surface area (Å²) in [5.41, 5.74) is 0.292. The Morgan fingerprint density at radius 2 is 2.00 bits per heavy atom. The van der Waals surface area contributed by atoms with Crippen LogP contribution in [0.2, 0.25) is 0 Å². The first kappa shape index (κ1) is 15.2. The Morgan fingerprint density at radius 3 is 2.47 bits per heavy atom. The number of nitrogens with zero attached hydrogens (tertiary/aromatic N) is 2. The molecule has 0 heterocycles. The molecular formula is C15H20N2O2. The molecule has 0 aromatic heterocycles. The summed E-state index contributed by atoms with van der Waals surface area (Å²) in [6, 6.07) is 11.5. The maximum absolute atomic E-state index is 12.3. The van der Waals surface area contributed by atoms with Crippen LogP contribution in [0.1, 0.15) is 19.4 Å². The third-order valence-electron chi connectivity index (χ3n) is 3.36. The predicted octanol–water partition coefficient (Wildman–Crippen LogP) is 1.60. The van der Waals surface area contributed by atoms with Crippen LogP contribution in [-0.4, -0.2) is 35.1 Å². The Labute approximate surface area is 114 Å². The van der Waals surface area contributed by atoms with Gasteiger partial charge in [0.25, 0.3) is 0 Å². The highest BCUT2D eigenvalue weighted by Crippen LogP contribution is 2.17. The molecule has 19 heavy (non-hydrogen) atoms. The molecule has 1 rings (SSSR count). The quantitative estimate of drug-likeness (QED) is 0.874. The van der Waals surface area contributed by atoms with Gasteiger partial charge in [0.05, 0.1) is 18.2 Å². The summed E-state index contributed by atoms with van der Waals surface area (Å²) in [5.74, 6) is -0.983. The van der Waals surface area contributed by atoms with Crippen molar-refractivity contribution in [2.24, 2.45) is 5.92 Å². The number of aliphatic hydroxyl groups is 1. The lowest BCUT2D eigenvalue weighted by molar-refractivity contribution is -0.138. The van der Waals surface area contributed by atoms with Crippen molar-refractivity contribution in [2.75, 3.05) is 13.7 Å². The van der Waals surface area contributed by atoms with Crippen LogP contribution < -0.4 is 0 Å². The molecule has 0 aliphatic rings. The maximum Gasteiger partial charge on any atom is 0.240 e. The molecular weight excluding hydrogens is 240 g/mol. The summed E-state index contributed by atoms with van der Waals surface area (Å²) in [7, 11) is 1.62. The van der Waals surface area contributed by atoms with Crippen LogP contribution in [0.4, 0.5) is 0 Å². The molecule has 1 aromatic carbocycles. The van der Waals surface area contributed by atoms with Crippen LogP contribution in [0.25, 0.3) is 0 Å². The number of nitriles is 1. The normalized spacial score (nSPS) is 12.6. The van der Waals surface area contributed by atoms with Crippen molar-refractivity contribution in [3.05, 3.63) is 35.9 Å². The van der Waals surface area contributed by atoms with Gasteiger partial charge in [0.2, 0.25) is 5.91 Å². The molecule has 0 radical (unpaired) electrons. The minimum Gasteiger partial charge on any atom is -0.394 e. The van der Waals surface area contributed by atoms with E-state index < -0.39 is 11.5 Å². The van der Waals surface area contributed by atoms with Gasteiger partial charge in [0.1, 0.15) is 5.92 Å². The molecule has 0 saturated carbocycles. The third kappa shape index (κ3) is 3.80. The summed E-state index contributed by atoms with van der Waals surface area (Å²) in [4.78, 5) is 13.7. The van der Waals surface area contributed by atoms with Gasteiger partial charge in [-0.25, -0.2) is 0 Å². The first-order chi connectivity index (χ1) is 8.92. The third-order valence-corrected chi connectivity index (χ3v) is 3.36. The van der Waals surface area contributed by atoms with E-state index in [9.17, 15) is 15.2 Å². The maximum atomic E-state index is 12.3. The first-order valence-electron chi connectivity index (χ1n) is 6.24. The smallest absolute Gasteiger partial charge is 0.240 e. The van der Waals surface area contributed by atoms with Crippen LogP contribution >= 0.6 is 0 Å². The molecule has 0 spiro atoms. The summed E-state index contributed by atoms with van der Waals surface area (Å²) < 4.78 is 0. The number of amides is 1. The number of carbonyl (C=O) groups is 1. The second-order valence-electron chi connectivity index (χ2n) is 5.24. The van der Waals surface area contributed by atoms with Crippen LogP contribution in [-0.2, 0) is 11.2 Å². The number of likely N-dealkylation sites (N-methyl/N-ethyl adjacent to an activating group) is 1. The number of carbonyl (C=O) groups excluding carboxylic acids is 1. The van der Waals surface area contributed by atoms with E-state index in [0.29, 0.717) is 6.42 Å². The highest BCUT2D eigenvalue weighted by Gasteiger charge is 2.31. The van der Waals surface area contributed by atoms with E-state index in [0.717, 1.165) is 5.56 Å². The van der Waals surface area contributed by atoms with Gasteiger partial charge in [-0.1, -0.05) is 30.3 Å². The van der Waals surface area contributed by atoms with E-state index in [1.54, 1.807) is 20.9 Å². The number of rotatable bonds is 5. The van der Waals surface area contributed by atoms with Crippen molar-refractivity contribution in [3.63, 3.8) is 0 Å². The van der Waals surface area contributed by atoms with Gasteiger partial charge >= 0.3 is 0 Å². The minimum atomic E-state index is -0.724. The molecule has 102 valence electrons. The SMILES string of the molecule is CN(C(=O)C(C#N)Cc1ccccc1)C(C)(C)CO. The lowest BCUT2D eigenvalue weighted by Gasteiger charge is -2.35. The molecule has 1 amide bonds. The fraction of sp³-hybridized carbons (Fsp3) is 0.467. The zero-order valence-corrected chi connectivity index (χ0v) is 11.6. The van der Waals surface area contributed by atoms with Gasteiger partial charge in [-0.2, -0.15) is 5.26 Å². The fourth-order valence-electron chi connectivity index (χ4n) is 1.68. The Balaban J connectivity index is 2.81. The van der Waals surface area contributed by atoms with Gasteiger partial charge in [0, 0.05) is 7.05 Å². The van der Waals surface area contributed by atoms with Crippen molar-refractivity contribution in [1.82, 2.24) is 4.90 Å². The molecule has 0 bridgehead atoms. The second kappa shape index (κ2) is 6.35. The van der Waals surface area contributed by atoms with Crippen LogP contribution in [0.15, 0.2) is 30.3 Å². The van der Waals surface area contributed by atoms with E-state index in [1.807, 2.05) is 30.3 Å². The van der Waals surface area contributed by atoms with Crippen molar-refractivity contribution in [3.8, 4) is 6.07 Å². The average molecular weight is 260 g/mol. The molecule has 0 aliphatic carbocycles. The van der Waals surface area contributed by atoms with Gasteiger partial charge in [-0.15, -0.1) is 0 Å². The molecule has 0 saturated heterocycles. The fourth-order valence-corrected chi connectivity index (χ4v) is 1.68. The predicted molar refractivity (Wildman–Crippen MR) is 73.2 cm³/mol. The van der Waals surface area contributed by atoms with Crippen molar-refractivity contribution in [1.29, 1.82) is 5.26 Å². The van der Waals surface area contributed by atoms with Gasteiger partial charge in [-0.3, -0.25) is 4.79 Å². The first-order valence-corrected chi connectivity index (χ1v) is 6.24. The molecule has 1 unspecified atom stereocenters. The van der Waals surface area contributed by atoms with E-state index >= 15 is 0 Å². The Bertz CT molecular complexity index is 463. The van der Waals surface area contributed by atoms with Gasteiger partial charge < -0.3 is 10.0 Å². The highest BCUT2D eigenvalue weighted by molar-refractivity contribution is 5.82. The van der Waals surface area contributed by atoms with Crippen molar-refractivity contribution < 1.29 is 9.90 Å². The van der Waals surface area contributed by atoms with E-state index in [2.05, 4.69) is 6.07 Å². The zero-order chi connectivity index (χ0) is 14.5. The van der Waals surface area contributed by atoms with Crippen LogP contribution in [0.3, 0.4) is 0 Å². The minimum absolute atomic E-state index is 0.140. The number of benzene rings is 1. The van der Waals surface area contributed by atoms with Crippen LogP contribution in [0.5, 0.6) is 0 Å². The summed E-state index contributed by atoms with van der Waals surface area (Å²) in [5, 5.41) is 18.5.